The molecule has 0 radical (unpaired) electrons. The lowest BCUT2D eigenvalue weighted by Gasteiger charge is -2.15. The van der Waals surface area contributed by atoms with E-state index in [1.54, 1.807) is 0 Å². The lowest BCUT2D eigenvalue weighted by Crippen LogP contribution is -2.24. The number of anilines is 1. The third kappa shape index (κ3) is 2.86. The second-order valence-electron chi connectivity index (χ2n) is 5.58. The van der Waals surface area contributed by atoms with E-state index in [9.17, 15) is 0 Å². The molecule has 1 saturated heterocycles. The van der Waals surface area contributed by atoms with Crippen molar-refractivity contribution >= 4 is 21.7 Å². The molecule has 1 unspecified atom stereocenters. The van der Waals surface area contributed by atoms with Crippen LogP contribution in [0.25, 0.3) is 0 Å². The number of halogens is 1. The molecule has 2 heterocycles. The van der Waals surface area contributed by atoms with Gasteiger partial charge >= 0.3 is 0 Å². The third-order valence-electron chi connectivity index (χ3n) is 4.00. The molecule has 1 N–H and O–H groups in total. The second-order valence-corrected chi connectivity index (χ2v) is 6.43. The molecule has 0 spiro atoms. The molecule has 18 heavy (non-hydrogen) atoms. The molecule has 2 aliphatic rings. The van der Waals surface area contributed by atoms with Crippen LogP contribution in [0.5, 0.6) is 0 Å². The van der Waals surface area contributed by atoms with Crippen molar-refractivity contribution < 1.29 is 0 Å². The molecule has 1 aliphatic heterocycles. The standard InChI is InChI=1S/C14H20BrN3/c1-10-6-14(17-8-13(10)15)16-7-11-4-5-18(9-11)12-2-3-12/h6,8,11-12H,2-5,7,9H2,1H3,(H,16,17). The quantitative estimate of drug-likeness (QED) is 0.926. The van der Waals surface area contributed by atoms with Gasteiger partial charge in [0, 0.05) is 29.8 Å². The zero-order valence-corrected chi connectivity index (χ0v) is 12.4. The minimum Gasteiger partial charge on any atom is -0.370 e. The minimum atomic E-state index is 0.788. The maximum Gasteiger partial charge on any atom is 0.126 e. The van der Waals surface area contributed by atoms with E-state index < -0.39 is 0 Å². The zero-order chi connectivity index (χ0) is 12.5. The van der Waals surface area contributed by atoms with E-state index in [1.807, 2.05) is 6.20 Å². The predicted molar refractivity (Wildman–Crippen MR) is 77.9 cm³/mol. The number of rotatable bonds is 4. The summed E-state index contributed by atoms with van der Waals surface area (Å²) >= 11 is 3.48. The van der Waals surface area contributed by atoms with Gasteiger partial charge in [0.2, 0.25) is 0 Å². The summed E-state index contributed by atoms with van der Waals surface area (Å²) in [6.07, 6.45) is 6.06. The Morgan fingerprint density at radius 1 is 1.44 bits per heavy atom. The molecule has 0 bridgehead atoms. The van der Waals surface area contributed by atoms with E-state index in [4.69, 9.17) is 0 Å². The molecule has 1 aromatic heterocycles. The van der Waals surface area contributed by atoms with E-state index in [0.29, 0.717) is 0 Å². The first kappa shape index (κ1) is 12.4. The number of hydrogen-bond acceptors (Lipinski definition) is 3. The Hall–Kier alpha value is -0.610. The molecule has 1 atom stereocenters. The number of aromatic nitrogens is 1. The van der Waals surface area contributed by atoms with Crippen molar-refractivity contribution in [1.82, 2.24) is 9.88 Å². The van der Waals surface area contributed by atoms with E-state index in [0.717, 1.165) is 28.8 Å². The van der Waals surface area contributed by atoms with E-state index >= 15 is 0 Å². The largest absolute Gasteiger partial charge is 0.370 e. The van der Waals surface area contributed by atoms with Crippen LogP contribution in [0.1, 0.15) is 24.8 Å². The minimum absolute atomic E-state index is 0.788. The highest BCUT2D eigenvalue weighted by Gasteiger charge is 2.34. The Morgan fingerprint density at radius 2 is 2.28 bits per heavy atom. The summed E-state index contributed by atoms with van der Waals surface area (Å²) in [6.45, 7) is 5.72. The second kappa shape index (κ2) is 5.17. The highest BCUT2D eigenvalue weighted by molar-refractivity contribution is 9.10. The SMILES string of the molecule is Cc1cc(NCC2CCN(C3CC3)C2)ncc1Br. The summed E-state index contributed by atoms with van der Waals surface area (Å²) in [6, 6.07) is 3.03. The average molecular weight is 310 g/mol. The molecule has 1 aromatic rings. The summed E-state index contributed by atoms with van der Waals surface area (Å²) in [7, 11) is 0. The highest BCUT2D eigenvalue weighted by Crippen LogP contribution is 2.31. The molecule has 0 aromatic carbocycles. The van der Waals surface area contributed by atoms with E-state index in [1.165, 1.54) is 37.9 Å². The maximum absolute atomic E-state index is 4.39. The molecule has 2 fully saturated rings. The first-order valence-corrected chi connectivity index (χ1v) is 7.62. The van der Waals surface area contributed by atoms with Gasteiger partial charge in [-0.25, -0.2) is 4.98 Å². The van der Waals surface area contributed by atoms with Crippen molar-refractivity contribution in [2.75, 3.05) is 25.0 Å². The van der Waals surface area contributed by atoms with Gasteiger partial charge in [0.05, 0.1) is 0 Å². The third-order valence-corrected chi connectivity index (χ3v) is 4.83. The van der Waals surface area contributed by atoms with Gasteiger partial charge in [-0.05, 0) is 66.2 Å². The van der Waals surface area contributed by atoms with Crippen LogP contribution in [-0.4, -0.2) is 35.6 Å². The molecule has 0 amide bonds. The Labute approximate surface area is 117 Å². The first-order chi connectivity index (χ1) is 8.72. The van der Waals surface area contributed by atoms with Gasteiger partial charge in [0.25, 0.3) is 0 Å². The normalized spacial score (nSPS) is 24.4. The van der Waals surface area contributed by atoms with Crippen molar-refractivity contribution in [2.45, 2.75) is 32.2 Å². The monoisotopic (exact) mass is 309 g/mol. The first-order valence-electron chi connectivity index (χ1n) is 6.82. The molecule has 3 rings (SSSR count). The van der Waals surface area contributed by atoms with Crippen LogP contribution in [0, 0.1) is 12.8 Å². The van der Waals surface area contributed by atoms with Crippen molar-refractivity contribution in [3.63, 3.8) is 0 Å². The Balaban J connectivity index is 1.50. The fraction of sp³-hybridized carbons (Fsp3) is 0.643. The van der Waals surface area contributed by atoms with Crippen LogP contribution in [0.2, 0.25) is 0 Å². The van der Waals surface area contributed by atoms with Gasteiger partial charge in [-0.1, -0.05) is 0 Å². The lowest BCUT2D eigenvalue weighted by atomic mass is 10.1. The summed E-state index contributed by atoms with van der Waals surface area (Å²) in [5, 5.41) is 3.48. The summed E-state index contributed by atoms with van der Waals surface area (Å²) < 4.78 is 1.08. The Morgan fingerprint density at radius 3 is 3.00 bits per heavy atom. The number of nitrogens with one attached hydrogen (secondary N) is 1. The van der Waals surface area contributed by atoms with Crippen molar-refractivity contribution in [1.29, 1.82) is 0 Å². The van der Waals surface area contributed by atoms with Crippen molar-refractivity contribution in [2.24, 2.45) is 5.92 Å². The summed E-state index contributed by atoms with van der Waals surface area (Å²) in [4.78, 5) is 7.05. The lowest BCUT2D eigenvalue weighted by molar-refractivity contribution is 0.316. The Bertz CT molecular complexity index is 431. The van der Waals surface area contributed by atoms with Crippen LogP contribution in [-0.2, 0) is 0 Å². The summed E-state index contributed by atoms with van der Waals surface area (Å²) in [5.74, 6) is 1.79. The van der Waals surface area contributed by atoms with Crippen LogP contribution in [0.15, 0.2) is 16.7 Å². The molecular weight excluding hydrogens is 290 g/mol. The van der Waals surface area contributed by atoms with E-state index in [-0.39, 0.29) is 0 Å². The van der Waals surface area contributed by atoms with Gasteiger partial charge in [0.1, 0.15) is 5.82 Å². The zero-order valence-electron chi connectivity index (χ0n) is 10.8. The number of likely N-dealkylation sites (tertiary alicyclic amines) is 1. The molecule has 4 heteroatoms. The van der Waals surface area contributed by atoms with Gasteiger partial charge < -0.3 is 10.2 Å². The Kier molecular flexibility index (Phi) is 3.57. The fourth-order valence-corrected chi connectivity index (χ4v) is 2.90. The van der Waals surface area contributed by atoms with Gasteiger partial charge in [-0.15, -0.1) is 0 Å². The van der Waals surface area contributed by atoms with Gasteiger partial charge in [-0.3, -0.25) is 0 Å². The fourth-order valence-electron chi connectivity index (χ4n) is 2.69. The smallest absolute Gasteiger partial charge is 0.126 e. The van der Waals surface area contributed by atoms with Gasteiger partial charge in [0.15, 0.2) is 0 Å². The highest BCUT2D eigenvalue weighted by atomic mass is 79.9. The van der Waals surface area contributed by atoms with Crippen LogP contribution < -0.4 is 5.32 Å². The average Bonchev–Trinajstić information content (AvgIpc) is 3.11. The summed E-state index contributed by atoms with van der Waals surface area (Å²) in [5.41, 5.74) is 1.23. The van der Waals surface area contributed by atoms with Gasteiger partial charge in [-0.2, -0.15) is 0 Å². The maximum atomic E-state index is 4.39. The van der Waals surface area contributed by atoms with Crippen molar-refractivity contribution in [3.05, 3.63) is 22.3 Å². The topological polar surface area (TPSA) is 28.2 Å². The number of hydrogen-bond donors (Lipinski definition) is 1. The predicted octanol–water partition coefficient (Wildman–Crippen LogP) is 3.05. The van der Waals surface area contributed by atoms with Crippen LogP contribution in [0.3, 0.4) is 0 Å². The molecule has 3 nitrogen and oxygen atoms in total. The number of nitrogens with zero attached hydrogens (tertiary/aromatic N) is 2. The van der Waals surface area contributed by atoms with Crippen LogP contribution in [0.4, 0.5) is 5.82 Å². The molecular formula is C14H20BrN3. The number of pyridine rings is 1. The van der Waals surface area contributed by atoms with Crippen molar-refractivity contribution in [3.8, 4) is 0 Å². The van der Waals surface area contributed by atoms with Crippen LogP contribution >= 0.6 is 15.9 Å². The molecule has 1 saturated carbocycles. The number of aryl methyl sites for hydroxylation is 1. The molecule has 98 valence electrons. The van der Waals surface area contributed by atoms with E-state index in [2.05, 4.69) is 44.1 Å². The molecule has 1 aliphatic carbocycles.